The number of benzene rings is 1. The standard InChI is InChI=1S/C15H15NO3/c1-10(2)19-14-6-4-3-5-12(14)13-8-7-11(9-17)15(18)16-13/h3-10H,1-2H3,(H,16,18). The Morgan fingerprint density at radius 3 is 2.53 bits per heavy atom. The lowest BCUT2D eigenvalue weighted by atomic mass is 10.1. The Morgan fingerprint density at radius 1 is 1.16 bits per heavy atom. The van der Waals surface area contributed by atoms with Gasteiger partial charge in [-0.3, -0.25) is 9.59 Å². The quantitative estimate of drug-likeness (QED) is 0.856. The van der Waals surface area contributed by atoms with E-state index in [1.54, 1.807) is 6.07 Å². The number of rotatable bonds is 4. The molecule has 19 heavy (non-hydrogen) atoms. The van der Waals surface area contributed by atoms with E-state index in [0.29, 0.717) is 17.7 Å². The summed E-state index contributed by atoms with van der Waals surface area (Å²) in [7, 11) is 0. The summed E-state index contributed by atoms with van der Waals surface area (Å²) in [6, 6.07) is 10.7. The number of carbonyl (C=O) groups is 1. The highest BCUT2D eigenvalue weighted by atomic mass is 16.5. The van der Waals surface area contributed by atoms with Gasteiger partial charge in [-0.2, -0.15) is 0 Å². The first-order valence-corrected chi connectivity index (χ1v) is 6.06. The van der Waals surface area contributed by atoms with Crippen molar-refractivity contribution in [2.45, 2.75) is 20.0 Å². The monoisotopic (exact) mass is 257 g/mol. The van der Waals surface area contributed by atoms with Crippen molar-refractivity contribution in [2.24, 2.45) is 0 Å². The van der Waals surface area contributed by atoms with Gasteiger partial charge < -0.3 is 9.72 Å². The van der Waals surface area contributed by atoms with E-state index in [9.17, 15) is 9.59 Å². The average molecular weight is 257 g/mol. The van der Waals surface area contributed by atoms with Crippen LogP contribution in [-0.4, -0.2) is 17.4 Å². The van der Waals surface area contributed by atoms with E-state index < -0.39 is 5.56 Å². The molecule has 2 aromatic rings. The zero-order valence-electron chi connectivity index (χ0n) is 10.8. The zero-order chi connectivity index (χ0) is 13.8. The number of H-pyrrole nitrogens is 1. The van der Waals surface area contributed by atoms with Gasteiger partial charge in [0.25, 0.3) is 5.56 Å². The number of aromatic nitrogens is 1. The molecule has 0 saturated carbocycles. The summed E-state index contributed by atoms with van der Waals surface area (Å²) in [4.78, 5) is 25.0. The SMILES string of the molecule is CC(C)Oc1ccccc1-c1ccc(C=O)c(=O)[nH]1. The highest BCUT2D eigenvalue weighted by Crippen LogP contribution is 2.28. The van der Waals surface area contributed by atoms with Gasteiger partial charge in [0.05, 0.1) is 17.4 Å². The van der Waals surface area contributed by atoms with E-state index in [2.05, 4.69) is 4.98 Å². The van der Waals surface area contributed by atoms with Crippen molar-refractivity contribution in [1.82, 2.24) is 4.98 Å². The maximum Gasteiger partial charge on any atom is 0.258 e. The molecule has 1 heterocycles. The Bertz CT molecular complexity index is 644. The summed E-state index contributed by atoms with van der Waals surface area (Å²) < 4.78 is 5.70. The van der Waals surface area contributed by atoms with E-state index in [4.69, 9.17) is 4.74 Å². The Morgan fingerprint density at radius 2 is 1.89 bits per heavy atom. The lowest BCUT2D eigenvalue weighted by Crippen LogP contribution is -2.12. The molecule has 0 aliphatic carbocycles. The number of pyridine rings is 1. The fraction of sp³-hybridized carbons (Fsp3) is 0.200. The van der Waals surface area contributed by atoms with Crippen molar-refractivity contribution >= 4 is 6.29 Å². The molecule has 98 valence electrons. The van der Waals surface area contributed by atoms with Gasteiger partial charge >= 0.3 is 0 Å². The molecular weight excluding hydrogens is 242 g/mol. The number of aldehydes is 1. The zero-order valence-corrected chi connectivity index (χ0v) is 10.8. The molecule has 4 heteroatoms. The third-order valence-electron chi connectivity index (χ3n) is 2.61. The minimum absolute atomic E-state index is 0.0436. The van der Waals surface area contributed by atoms with Crippen molar-refractivity contribution in [2.75, 3.05) is 0 Å². The van der Waals surface area contributed by atoms with Crippen molar-refractivity contribution in [3.8, 4) is 17.0 Å². The first kappa shape index (κ1) is 13.1. The van der Waals surface area contributed by atoms with Gasteiger partial charge in [-0.1, -0.05) is 12.1 Å². The summed E-state index contributed by atoms with van der Waals surface area (Å²) in [6.07, 6.45) is 0.584. The largest absolute Gasteiger partial charge is 0.490 e. The summed E-state index contributed by atoms with van der Waals surface area (Å²) >= 11 is 0. The van der Waals surface area contributed by atoms with Gasteiger partial charge in [0, 0.05) is 5.56 Å². The van der Waals surface area contributed by atoms with Gasteiger partial charge in [0.2, 0.25) is 0 Å². The average Bonchev–Trinajstić information content (AvgIpc) is 2.38. The number of aromatic amines is 1. The second kappa shape index (κ2) is 5.52. The number of nitrogens with one attached hydrogen (secondary N) is 1. The van der Waals surface area contributed by atoms with E-state index in [0.717, 1.165) is 5.56 Å². The maximum absolute atomic E-state index is 11.7. The predicted molar refractivity (Wildman–Crippen MR) is 73.7 cm³/mol. The van der Waals surface area contributed by atoms with Crippen molar-refractivity contribution in [1.29, 1.82) is 0 Å². The predicted octanol–water partition coefficient (Wildman–Crippen LogP) is 2.64. The molecular formula is C15H15NO3. The van der Waals surface area contributed by atoms with Crippen LogP contribution in [0.3, 0.4) is 0 Å². The topological polar surface area (TPSA) is 59.2 Å². The normalized spacial score (nSPS) is 10.5. The van der Waals surface area contributed by atoms with Crippen LogP contribution in [0.2, 0.25) is 0 Å². The van der Waals surface area contributed by atoms with Crippen molar-refractivity contribution in [3.05, 3.63) is 52.3 Å². The van der Waals surface area contributed by atoms with Gasteiger partial charge in [-0.15, -0.1) is 0 Å². The molecule has 0 atom stereocenters. The second-order valence-electron chi connectivity index (χ2n) is 4.44. The molecule has 2 rings (SSSR count). The van der Waals surface area contributed by atoms with Crippen LogP contribution in [0.15, 0.2) is 41.2 Å². The molecule has 0 aliphatic heterocycles. The molecule has 4 nitrogen and oxygen atoms in total. The van der Waals surface area contributed by atoms with Gasteiger partial charge in [-0.25, -0.2) is 0 Å². The van der Waals surface area contributed by atoms with E-state index in [1.165, 1.54) is 6.07 Å². The molecule has 0 unspecified atom stereocenters. The highest BCUT2D eigenvalue weighted by Gasteiger charge is 2.09. The van der Waals surface area contributed by atoms with E-state index >= 15 is 0 Å². The summed E-state index contributed by atoms with van der Waals surface area (Å²) in [5.74, 6) is 0.701. The molecule has 0 radical (unpaired) electrons. The maximum atomic E-state index is 11.7. The summed E-state index contributed by atoms with van der Waals surface area (Å²) in [5.41, 5.74) is 1.15. The van der Waals surface area contributed by atoms with Gasteiger partial charge in [0.15, 0.2) is 6.29 Å². The van der Waals surface area contributed by atoms with Crippen molar-refractivity contribution in [3.63, 3.8) is 0 Å². The molecule has 0 saturated heterocycles. The van der Waals surface area contributed by atoms with Crippen LogP contribution in [0.1, 0.15) is 24.2 Å². The molecule has 0 aliphatic rings. The lowest BCUT2D eigenvalue weighted by molar-refractivity contribution is 0.112. The number of hydrogen-bond donors (Lipinski definition) is 1. The highest BCUT2D eigenvalue weighted by molar-refractivity contribution is 5.76. The third-order valence-corrected chi connectivity index (χ3v) is 2.61. The fourth-order valence-corrected chi connectivity index (χ4v) is 1.78. The molecule has 0 bridgehead atoms. The Kier molecular flexibility index (Phi) is 3.80. The lowest BCUT2D eigenvalue weighted by Gasteiger charge is -2.14. The number of carbonyl (C=O) groups excluding carboxylic acids is 1. The molecule has 0 spiro atoms. The molecule has 1 N–H and O–H groups in total. The first-order chi connectivity index (χ1) is 9.11. The van der Waals surface area contributed by atoms with Crippen LogP contribution in [0.4, 0.5) is 0 Å². The third kappa shape index (κ3) is 2.91. The van der Waals surface area contributed by atoms with Crippen LogP contribution in [0.5, 0.6) is 5.75 Å². The minimum atomic E-state index is -0.396. The Balaban J connectivity index is 2.49. The fourth-order valence-electron chi connectivity index (χ4n) is 1.78. The van der Waals surface area contributed by atoms with Crippen LogP contribution in [0, 0.1) is 0 Å². The molecule has 1 aromatic carbocycles. The number of para-hydroxylation sites is 1. The number of hydrogen-bond acceptors (Lipinski definition) is 3. The van der Waals surface area contributed by atoms with Crippen LogP contribution >= 0.6 is 0 Å². The van der Waals surface area contributed by atoms with E-state index in [1.807, 2.05) is 38.1 Å². The smallest absolute Gasteiger partial charge is 0.258 e. The number of ether oxygens (including phenoxy) is 1. The van der Waals surface area contributed by atoms with Gasteiger partial charge in [-0.05, 0) is 38.1 Å². The molecule has 0 amide bonds. The van der Waals surface area contributed by atoms with Crippen LogP contribution in [-0.2, 0) is 0 Å². The molecule has 1 aromatic heterocycles. The summed E-state index contributed by atoms with van der Waals surface area (Å²) in [5, 5.41) is 0. The van der Waals surface area contributed by atoms with Crippen LogP contribution in [0.25, 0.3) is 11.3 Å². The first-order valence-electron chi connectivity index (χ1n) is 6.06. The Hall–Kier alpha value is -2.36. The molecule has 0 fully saturated rings. The second-order valence-corrected chi connectivity index (χ2v) is 4.44. The van der Waals surface area contributed by atoms with Crippen molar-refractivity contribution < 1.29 is 9.53 Å². The Labute approximate surface area is 111 Å². The van der Waals surface area contributed by atoms with Gasteiger partial charge in [0.1, 0.15) is 5.75 Å². The van der Waals surface area contributed by atoms with Crippen LogP contribution < -0.4 is 10.3 Å². The minimum Gasteiger partial charge on any atom is -0.490 e. The van der Waals surface area contributed by atoms with E-state index in [-0.39, 0.29) is 11.7 Å². The summed E-state index contributed by atoms with van der Waals surface area (Å²) in [6.45, 7) is 3.88.